The van der Waals surface area contributed by atoms with Crippen molar-refractivity contribution in [2.45, 2.75) is 19.4 Å². The second-order valence-electron chi connectivity index (χ2n) is 6.26. The Morgan fingerprint density at radius 1 is 1.19 bits per heavy atom. The zero-order valence-electron chi connectivity index (χ0n) is 13.8. The average Bonchev–Trinajstić information content (AvgIpc) is 2.94. The first-order valence-electron chi connectivity index (χ1n) is 8.06. The molecule has 3 rings (SSSR count). The number of carbonyl (C=O) groups is 2. The number of amides is 2. The minimum atomic E-state index is -3.05. The third-order valence-electron chi connectivity index (χ3n) is 4.19. The van der Waals surface area contributed by atoms with E-state index >= 15 is 0 Å². The number of benzene rings is 1. The highest BCUT2D eigenvalue weighted by molar-refractivity contribution is 7.91. The first-order valence-corrected chi connectivity index (χ1v) is 9.88. The summed E-state index contributed by atoms with van der Waals surface area (Å²) >= 11 is 0. The molecule has 1 fully saturated rings. The maximum atomic E-state index is 12.3. The van der Waals surface area contributed by atoms with Gasteiger partial charge in [-0.15, -0.1) is 0 Å². The molecule has 9 nitrogen and oxygen atoms in total. The van der Waals surface area contributed by atoms with Crippen LogP contribution in [0, 0.1) is 5.92 Å². The summed E-state index contributed by atoms with van der Waals surface area (Å²) in [4.78, 5) is 40.1. The largest absolute Gasteiger partial charge is 0.289 e. The van der Waals surface area contributed by atoms with Gasteiger partial charge < -0.3 is 0 Å². The van der Waals surface area contributed by atoms with Crippen molar-refractivity contribution < 1.29 is 18.0 Å². The van der Waals surface area contributed by atoms with Crippen LogP contribution in [0.3, 0.4) is 0 Å². The van der Waals surface area contributed by atoms with Gasteiger partial charge in [-0.3, -0.25) is 29.8 Å². The highest BCUT2D eigenvalue weighted by atomic mass is 32.2. The first-order chi connectivity index (χ1) is 12.3. The van der Waals surface area contributed by atoms with Crippen molar-refractivity contribution in [1.82, 2.24) is 20.4 Å². The lowest BCUT2D eigenvalue weighted by Crippen LogP contribution is -2.44. The van der Waals surface area contributed by atoms with Gasteiger partial charge in [0.15, 0.2) is 9.84 Å². The molecule has 0 saturated carbocycles. The fourth-order valence-corrected chi connectivity index (χ4v) is 4.76. The lowest BCUT2D eigenvalue weighted by atomic mass is 10.1. The van der Waals surface area contributed by atoms with Gasteiger partial charge in [0, 0.05) is 6.42 Å². The molecule has 2 amide bonds. The number of hydrogen-bond donors (Lipinski definition) is 2. The van der Waals surface area contributed by atoms with Crippen molar-refractivity contribution in [2.75, 3.05) is 11.5 Å². The molecule has 138 valence electrons. The number of fused-ring (bicyclic) bond motifs is 1. The first kappa shape index (κ1) is 18.1. The highest BCUT2D eigenvalue weighted by Crippen LogP contribution is 2.21. The number of hydrogen-bond acceptors (Lipinski definition) is 6. The summed E-state index contributed by atoms with van der Waals surface area (Å²) < 4.78 is 23.9. The fourth-order valence-electron chi connectivity index (χ4n) is 2.90. The van der Waals surface area contributed by atoms with Crippen LogP contribution >= 0.6 is 0 Å². The van der Waals surface area contributed by atoms with Gasteiger partial charge in [0.25, 0.3) is 11.5 Å². The summed E-state index contributed by atoms with van der Waals surface area (Å²) in [5.74, 6) is -1.20. The van der Waals surface area contributed by atoms with Crippen molar-refractivity contribution in [3.05, 3.63) is 40.9 Å². The predicted octanol–water partition coefficient (Wildman–Crippen LogP) is -0.631. The Kier molecular flexibility index (Phi) is 5.03. The molecule has 0 aliphatic carbocycles. The maximum Gasteiger partial charge on any atom is 0.261 e. The standard InChI is InChI=1S/C16H18N4O5S/c21-14(7-11-5-6-26(24,25)9-11)18-19-15(22)8-20-10-17-13-4-2-1-3-12(13)16(20)23/h1-4,10-11H,5-9H2,(H,18,21)(H,19,22)/t11-/m1/s1. The molecule has 1 atom stereocenters. The Hall–Kier alpha value is -2.75. The second kappa shape index (κ2) is 7.24. The molecule has 0 radical (unpaired) electrons. The molecule has 2 N–H and O–H groups in total. The van der Waals surface area contributed by atoms with Gasteiger partial charge in [-0.05, 0) is 24.5 Å². The molecule has 1 aromatic heterocycles. The third kappa shape index (κ3) is 4.26. The van der Waals surface area contributed by atoms with Crippen LogP contribution in [0.15, 0.2) is 35.4 Å². The Bertz CT molecular complexity index is 1010. The van der Waals surface area contributed by atoms with E-state index < -0.39 is 21.7 Å². The topological polar surface area (TPSA) is 127 Å². The van der Waals surface area contributed by atoms with Crippen LogP contribution in [0.4, 0.5) is 0 Å². The predicted molar refractivity (Wildman–Crippen MR) is 93.7 cm³/mol. The van der Waals surface area contributed by atoms with E-state index in [0.717, 1.165) is 4.57 Å². The number of rotatable bonds is 4. The minimum Gasteiger partial charge on any atom is -0.289 e. The number of nitrogens with one attached hydrogen (secondary N) is 2. The van der Waals surface area contributed by atoms with Crippen LogP contribution in [0.2, 0.25) is 0 Å². The normalized spacial score (nSPS) is 18.5. The molecule has 0 bridgehead atoms. The molecule has 2 heterocycles. The van der Waals surface area contributed by atoms with Gasteiger partial charge >= 0.3 is 0 Å². The number of carbonyl (C=O) groups excluding carboxylic acids is 2. The Balaban J connectivity index is 1.54. The van der Waals surface area contributed by atoms with Gasteiger partial charge in [0.05, 0.1) is 28.7 Å². The van der Waals surface area contributed by atoms with Crippen molar-refractivity contribution in [3.63, 3.8) is 0 Å². The summed E-state index contributed by atoms with van der Waals surface area (Å²) in [6.45, 7) is -0.297. The van der Waals surface area contributed by atoms with Crippen molar-refractivity contribution in [3.8, 4) is 0 Å². The molecule has 1 aliphatic heterocycles. The minimum absolute atomic E-state index is 0.00742. The molecule has 1 saturated heterocycles. The fraction of sp³-hybridized carbons (Fsp3) is 0.375. The molecule has 26 heavy (non-hydrogen) atoms. The van der Waals surface area contributed by atoms with Gasteiger partial charge in [0.1, 0.15) is 6.54 Å². The van der Waals surface area contributed by atoms with Crippen LogP contribution in [-0.4, -0.2) is 41.3 Å². The van der Waals surface area contributed by atoms with E-state index in [9.17, 15) is 22.8 Å². The zero-order chi connectivity index (χ0) is 18.7. The summed E-state index contributed by atoms with van der Waals surface area (Å²) in [5.41, 5.74) is 4.65. The van der Waals surface area contributed by atoms with Crippen LogP contribution in [-0.2, 0) is 26.0 Å². The molecule has 10 heteroatoms. The van der Waals surface area contributed by atoms with E-state index in [1.807, 2.05) is 0 Å². The molecule has 2 aromatic rings. The lowest BCUT2D eigenvalue weighted by Gasteiger charge is -2.11. The summed E-state index contributed by atoms with van der Waals surface area (Å²) in [7, 11) is -3.05. The van der Waals surface area contributed by atoms with E-state index in [0.29, 0.717) is 17.3 Å². The number of aromatic nitrogens is 2. The lowest BCUT2D eigenvalue weighted by molar-refractivity contribution is -0.129. The van der Waals surface area contributed by atoms with Crippen LogP contribution in [0.5, 0.6) is 0 Å². The van der Waals surface area contributed by atoms with Gasteiger partial charge in [-0.2, -0.15) is 0 Å². The highest BCUT2D eigenvalue weighted by Gasteiger charge is 2.29. The number of sulfone groups is 1. The maximum absolute atomic E-state index is 12.3. The number of para-hydroxylation sites is 1. The number of nitrogens with zero attached hydrogens (tertiary/aromatic N) is 2. The third-order valence-corrected chi connectivity index (χ3v) is 6.02. The summed E-state index contributed by atoms with van der Waals surface area (Å²) in [5, 5.41) is 0.397. The Morgan fingerprint density at radius 2 is 1.92 bits per heavy atom. The summed E-state index contributed by atoms with van der Waals surface area (Å²) in [6, 6.07) is 6.79. The molecule has 1 aliphatic rings. The summed E-state index contributed by atoms with van der Waals surface area (Å²) in [6.07, 6.45) is 1.74. The van der Waals surface area contributed by atoms with E-state index in [-0.39, 0.29) is 35.9 Å². The Morgan fingerprint density at radius 3 is 2.65 bits per heavy atom. The Labute approximate surface area is 149 Å². The quantitative estimate of drug-likeness (QED) is 0.682. The molecule has 0 unspecified atom stereocenters. The van der Waals surface area contributed by atoms with E-state index in [1.54, 1.807) is 24.3 Å². The van der Waals surface area contributed by atoms with Crippen LogP contribution in [0.25, 0.3) is 10.9 Å². The smallest absolute Gasteiger partial charge is 0.261 e. The van der Waals surface area contributed by atoms with Crippen molar-refractivity contribution >= 4 is 32.6 Å². The van der Waals surface area contributed by atoms with Gasteiger partial charge in [-0.25, -0.2) is 13.4 Å². The molecular formula is C16H18N4O5S. The van der Waals surface area contributed by atoms with Crippen LogP contribution < -0.4 is 16.4 Å². The molecular weight excluding hydrogens is 360 g/mol. The van der Waals surface area contributed by atoms with E-state index in [1.165, 1.54) is 6.33 Å². The van der Waals surface area contributed by atoms with Gasteiger partial charge in [-0.1, -0.05) is 12.1 Å². The van der Waals surface area contributed by atoms with Crippen LogP contribution in [0.1, 0.15) is 12.8 Å². The zero-order valence-corrected chi connectivity index (χ0v) is 14.7. The number of hydrazine groups is 1. The SMILES string of the molecule is O=C(C[C@H]1CCS(=O)(=O)C1)NNC(=O)Cn1cnc2ccccc2c1=O. The van der Waals surface area contributed by atoms with Gasteiger partial charge in [0.2, 0.25) is 5.91 Å². The molecule has 1 aromatic carbocycles. The van der Waals surface area contributed by atoms with Crippen molar-refractivity contribution in [1.29, 1.82) is 0 Å². The van der Waals surface area contributed by atoms with E-state index in [4.69, 9.17) is 0 Å². The monoisotopic (exact) mass is 378 g/mol. The average molecular weight is 378 g/mol. The molecule has 0 spiro atoms. The van der Waals surface area contributed by atoms with Crippen molar-refractivity contribution in [2.24, 2.45) is 5.92 Å². The van der Waals surface area contributed by atoms with E-state index in [2.05, 4.69) is 15.8 Å². The second-order valence-corrected chi connectivity index (χ2v) is 8.49.